The fourth-order valence-corrected chi connectivity index (χ4v) is 3.48. The third-order valence-corrected chi connectivity index (χ3v) is 4.97. The topological polar surface area (TPSA) is 72.2 Å². The van der Waals surface area contributed by atoms with E-state index < -0.39 is 10.0 Å². The van der Waals surface area contributed by atoms with Gasteiger partial charge in [-0.05, 0) is 43.2 Å². The van der Waals surface area contributed by atoms with E-state index in [1.165, 1.54) is 12.1 Å². The molecule has 0 saturated carbocycles. The molecule has 0 amide bonds. The summed E-state index contributed by atoms with van der Waals surface area (Å²) in [6.07, 6.45) is 0. The van der Waals surface area contributed by atoms with Crippen LogP contribution in [0.1, 0.15) is 11.1 Å². The summed E-state index contributed by atoms with van der Waals surface area (Å²) in [6.45, 7) is 3.64. The summed E-state index contributed by atoms with van der Waals surface area (Å²) in [6, 6.07) is 9.75. The predicted octanol–water partition coefficient (Wildman–Crippen LogP) is 3.34. The molecule has 2 aromatic carbocycles. The predicted molar refractivity (Wildman–Crippen MR) is 82.6 cm³/mol. The molecule has 6 heteroatoms. The first-order valence-corrected chi connectivity index (χ1v) is 7.82. The van der Waals surface area contributed by atoms with Gasteiger partial charge in [-0.25, -0.2) is 8.42 Å². The molecule has 3 N–H and O–H groups in total. The molecule has 0 fully saturated rings. The fraction of sp³-hybridized carbons (Fsp3) is 0.143. The van der Waals surface area contributed by atoms with Crippen molar-refractivity contribution >= 4 is 33.0 Å². The van der Waals surface area contributed by atoms with Gasteiger partial charge in [0.1, 0.15) is 4.90 Å². The van der Waals surface area contributed by atoms with Gasteiger partial charge >= 0.3 is 0 Å². The lowest BCUT2D eigenvalue weighted by Gasteiger charge is -2.14. The van der Waals surface area contributed by atoms with E-state index in [2.05, 4.69) is 4.72 Å². The second-order valence-corrected chi connectivity index (χ2v) is 6.56. The Morgan fingerprint density at radius 3 is 2.40 bits per heavy atom. The average molecular weight is 311 g/mol. The Labute approximate surface area is 123 Å². The number of halogens is 1. The molecule has 0 spiro atoms. The van der Waals surface area contributed by atoms with Crippen LogP contribution in [-0.4, -0.2) is 8.42 Å². The fourth-order valence-electron chi connectivity index (χ4n) is 1.84. The minimum atomic E-state index is -3.73. The molecule has 0 saturated heterocycles. The highest BCUT2D eigenvalue weighted by Gasteiger charge is 2.18. The zero-order chi connectivity index (χ0) is 14.9. The lowest BCUT2D eigenvalue weighted by Crippen LogP contribution is -2.14. The van der Waals surface area contributed by atoms with Crippen LogP contribution in [0, 0.1) is 13.8 Å². The summed E-state index contributed by atoms with van der Waals surface area (Å²) in [5.41, 5.74) is 8.54. The van der Waals surface area contributed by atoms with Gasteiger partial charge in [0.05, 0.1) is 10.7 Å². The van der Waals surface area contributed by atoms with Crippen LogP contribution in [0.4, 0.5) is 11.4 Å². The number of hydrogen-bond acceptors (Lipinski definition) is 3. The maximum absolute atomic E-state index is 12.3. The van der Waals surface area contributed by atoms with E-state index in [9.17, 15) is 8.42 Å². The third kappa shape index (κ3) is 2.73. The molecule has 0 aliphatic carbocycles. The SMILES string of the molecule is Cc1ccc(NS(=O)(=O)c2ccccc2Cl)c(C)c1N. The number of anilines is 2. The Kier molecular flexibility index (Phi) is 3.92. The van der Waals surface area contributed by atoms with Crippen molar-refractivity contribution in [2.75, 3.05) is 10.5 Å². The first-order valence-electron chi connectivity index (χ1n) is 5.96. The third-order valence-electron chi connectivity index (χ3n) is 3.10. The summed E-state index contributed by atoms with van der Waals surface area (Å²) < 4.78 is 27.2. The van der Waals surface area contributed by atoms with Crippen molar-refractivity contribution in [2.45, 2.75) is 18.7 Å². The van der Waals surface area contributed by atoms with E-state index in [-0.39, 0.29) is 9.92 Å². The average Bonchev–Trinajstić information content (AvgIpc) is 2.40. The number of nitrogens with one attached hydrogen (secondary N) is 1. The van der Waals surface area contributed by atoms with E-state index >= 15 is 0 Å². The molecule has 106 valence electrons. The molecular weight excluding hydrogens is 296 g/mol. The molecule has 0 atom stereocenters. The van der Waals surface area contributed by atoms with Gasteiger partial charge in [-0.1, -0.05) is 29.8 Å². The van der Waals surface area contributed by atoms with Crippen molar-refractivity contribution in [1.29, 1.82) is 0 Å². The molecule has 0 radical (unpaired) electrons. The lowest BCUT2D eigenvalue weighted by molar-refractivity contribution is 0.601. The lowest BCUT2D eigenvalue weighted by atomic mass is 10.1. The summed E-state index contributed by atoms with van der Waals surface area (Å²) in [5, 5.41) is 0.178. The monoisotopic (exact) mass is 310 g/mol. The summed E-state index contributed by atoms with van der Waals surface area (Å²) in [7, 11) is -3.73. The highest BCUT2D eigenvalue weighted by Crippen LogP contribution is 2.28. The second kappa shape index (κ2) is 5.34. The number of nitrogens with two attached hydrogens (primary N) is 1. The van der Waals surface area contributed by atoms with Crippen molar-refractivity contribution in [1.82, 2.24) is 0 Å². The standard InChI is InChI=1S/C14H15ClN2O2S/c1-9-7-8-12(10(2)14(9)16)17-20(18,19)13-6-4-3-5-11(13)15/h3-8,17H,16H2,1-2H3. The zero-order valence-corrected chi connectivity index (χ0v) is 12.7. The molecule has 0 bridgehead atoms. The first-order chi connectivity index (χ1) is 9.33. The van der Waals surface area contributed by atoms with Gasteiger partial charge in [-0.2, -0.15) is 0 Å². The van der Waals surface area contributed by atoms with Crippen LogP contribution in [-0.2, 0) is 10.0 Å². The first kappa shape index (κ1) is 14.7. The van der Waals surface area contributed by atoms with E-state index in [0.717, 1.165) is 5.56 Å². The Hall–Kier alpha value is -1.72. The van der Waals surface area contributed by atoms with Crippen LogP contribution >= 0.6 is 11.6 Å². The summed E-state index contributed by atoms with van der Waals surface area (Å²) in [5.74, 6) is 0. The minimum absolute atomic E-state index is 0.0419. The van der Waals surface area contributed by atoms with Gasteiger partial charge < -0.3 is 5.73 Å². The molecule has 0 unspecified atom stereocenters. The van der Waals surface area contributed by atoms with Crippen molar-refractivity contribution in [3.8, 4) is 0 Å². The molecule has 0 heterocycles. The number of benzene rings is 2. The Morgan fingerprint density at radius 2 is 1.75 bits per heavy atom. The van der Waals surface area contributed by atoms with E-state index in [0.29, 0.717) is 16.9 Å². The van der Waals surface area contributed by atoms with Crippen molar-refractivity contribution in [3.63, 3.8) is 0 Å². The summed E-state index contributed by atoms with van der Waals surface area (Å²) >= 11 is 5.93. The number of sulfonamides is 1. The maximum Gasteiger partial charge on any atom is 0.263 e. The largest absolute Gasteiger partial charge is 0.398 e. The molecule has 2 aromatic rings. The van der Waals surface area contributed by atoms with Crippen LogP contribution in [0.3, 0.4) is 0 Å². The Morgan fingerprint density at radius 1 is 1.10 bits per heavy atom. The van der Waals surface area contributed by atoms with Gasteiger partial charge in [0, 0.05) is 5.69 Å². The molecule has 0 aromatic heterocycles. The minimum Gasteiger partial charge on any atom is -0.398 e. The van der Waals surface area contributed by atoms with E-state index in [1.54, 1.807) is 31.2 Å². The van der Waals surface area contributed by atoms with Gasteiger partial charge in [-0.15, -0.1) is 0 Å². The van der Waals surface area contributed by atoms with Crippen LogP contribution in [0.2, 0.25) is 5.02 Å². The van der Waals surface area contributed by atoms with Crippen molar-refractivity contribution in [3.05, 3.63) is 52.5 Å². The maximum atomic E-state index is 12.3. The molecule has 20 heavy (non-hydrogen) atoms. The summed E-state index contributed by atoms with van der Waals surface area (Å²) in [4.78, 5) is 0.0419. The molecular formula is C14H15ClN2O2S. The number of nitrogen functional groups attached to an aromatic ring is 1. The van der Waals surface area contributed by atoms with Gasteiger partial charge in [0.2, 0.25) is 0 Å². The normalized spacial score (nSPS) is 11.3. The van der Waals surface area contributed by atoms with Gasteiger partial charge in [0.25, 0.3) is 10.0 Å². The van der Waals surface area contributed by atoms with Crippen molar-refractivity contribution in [2.24, 2.45) is 0 Å². The molecule has 4 nitrogen and oxygen atoms in total. The highest BCUT2D eigenvalue weighted by atomic mass is 35.5. The highest BCUT2D eigenvalue weighted by molar-refractivity contribution is 7.92. The van der Waals surface area contributed by atoms with Gasteiger partial charge in [-0.3, -0.25) is 4.72 Å². The van der Waals surface area contributed by atoms with E-state index in [4.69, 9.17) is 17.3 Å². The van der Waals surface area contributed by atoms with Crippen LogP contribution < -0.4 is 10.5 Å². The van der Waals surface area contributed by atoms with Gasteiger partial charge in [0.15, 0.2) is 0 Å². The smallest absolute Gasteiger partial charge is 0.263 e. The zero-order valence-electron chi connectivity index (χ0n) is 11.1. The Bertz CT molecular complexity index is 758. The second-order valence-electron chi connectivity index (χ2n) is 4.50. The molecule has 2 rings (SSSR count). The number of aryl methyl sites for hydroxylation is 1. The molecule has 0 aliphatic rings. The number of hydrogen-bond donors (Lipinski definition) is 2. The Balaban J connectivity index is 2.45. The van der Waals surface area contributed by atoms with E-state index in [1.807, 2.05) is 6.92 Å². The van der Waals surface area contributed by atoms with Crippen molar-refractivity contribution < 1.29 is 8.42 Å². The number of rotatable bonds is 3. The van der Waals surface area contributed by atoms with Crippen LogP contribution in [0.5, 0.6) is 0 Å². The van der Waals surface area contributed by atoms with Crippen LogP contribution in [0.25, 0.3) is 0 Å². The quantitative estimate of drug-likeness (QED) is 0.854. The van der Waals surface area contributed by atoms with Crippen LogP contribution in [0.15, 0.2) is 41.3 Å². The molecule has 0 aliphatic heterocycles.